The summed E-state index contributed by atoms with van der Waals surface area (Å²) in [4.78, 5) is 2.04. The van der Waals surface area contributed by atoms with E-state index in [4.69, 9.17) is 4.55 Å². The predicted molar refractivity (Wildman–Crippen MR) is 72.0 cm³/mol. The van der Waals surface area contributed by atoms with Gasteiger partial charge in [-0.2, -0.15) is 0 Å². The van der Waals surface area contributed by atoms with Gasteiger partial charge in [-0.1, -0.05) is 0 Å². The van der Waals surface area contributed by atoms with Crippen LogP contribution in [0.25, 0.3) is 0 Å². The Morgan fingerprint density at radius 2 is 1.82 bits per heavy atom. The van der Waals surface area contributed by atoms with Crippen LogP contribution in [0.4, 0.5) is 5.69 Å². The molecule has 0 aliphatic carbocycles. The number of benzene rings is 1. The molecule has 1 N–H and O–H groups in total. The summed E-state index contributed by atoms with van der Waals surface area (Å²) in [6.07, 6.45) is 0.552. The maximum absolute atomic E-state index is 10.5. The van der Waals surface area contributed by atoms with Crippen molar-refractivity contribution in [2.45, 2.75) is 10.9 Å². The third-order valence-corrected chi connectivity index (χ3v) is 6.11. The van der Waals surface area contributed by atoms with Crippen molar-refractivity contribution in [1.82, 2.24) is 0 Å². The van der Waals surface area contributed by atoms with Gasteiger partial charge < -0.3 is 0 Å². The van der Waals surface area contributed by atoms with Gasteiger partial charge in [0.05, 0.1) is 0 Å². The monoisotopic (exact) mass is 373 g/mol. The Bertz CT molecular complexity index is 442. The summed E-state index contributed by atoms with van der Waals surface area (Å²) in [5.41, 5.74) is 1.17. The molecular weight excluding hydrogens is 354 g/mol. The van der Waals surface area contributed by atoms with Crippen LogP contribution in [0.3, 0.4) is 0 Å². The molecule has 0 fully saturated rings. The number of rotatable bonds is 6. The number of hydrogen-bond acceptors (Lipinski definition) is 3. The fourth-order valence-corrected chi connectivity index (χ4v) is 4.79. The zero-order chi connectivity index (χ0) is 12.9. The van der Waals surface area contributed by atoms with Crippen molar-refractivity contribution in [3.8, 4) is 0 Å². The van der Waals surface area contributed by atoms with Crippen LogP contribution in [0.1, 0.15) is 6.42 Å². The minimum atomic E-state index is -3.78. The topological polar surface area (TPSA) is 57.6 Å². The molecule has 0 spiro atoms. The van der Waals surface area contributed by atoms with Crippen LogP contribution in [0.15, 0.2) is 24.3 Å². The van der Waals surface area contributed by atoms with Crippen LogP contribution in [-0.2, 0) is 10.1 Å². The van der Waals surface area contributed by atoms with E-state index in [0.717, 1.165) is 4.47 Å². The van der Waals surface area contributed by atoms with Gasteiger partial charge in [0, 0.05) is 0 Å². The second-order valence-corrected chi connectivity index (χ2v) is 8.78. The van der Waals surface area contributed by atoms with Crippen LogP contribution in [0.5, 0.6) is 0 Å². The molecule has 0 heterocycles. The molecular formula is C11H17NO3STe. The van der Waals surface area contributed by atoms with E-state index in [2.05, 4.69) is 24.3 Å². The quantitative estimate of drug-likeness (QED) is 0.456. The van der Waals surface area contributed by atoms with Gasteiger partial charge in [-0.05, 0) is 0 Å². The molecule has 0 aromatic heterocycles. The summed E-state index contributed by atoms with van der Waals surface area (Å²) in [5, 5.41) is 0. The summed E-state index contributed by atoms with van der Waals surface area (Å²) >= 11 is -0.335. The zero-order valence-corrected chi connectivity index (χ0v) is 13.1. The van der Waals surface area contributed by atoms with Gasteiger partial charge in [-0.15, -0.1) is 0 Å². The van der Waals surface area contributed by atoms with Gasteiger partial charge in [0.25, 0.3) is 0 Å². The molecule has 0 saturated heterocycles. The van der Waals surface area contributed by atoms with E-state index in [9.17, 15) is 8.42 Å². The molecule has 0 saturated carbocycles. The van der Waals surface area contributed by atoms with E-state index in [1.165, 1.54) is 9.30 Å². The second kappa shape index (κ2) is 6.60. The van der Waals surface area contributed by atoms with Crippen LogP contribution in [0, 0.1) is 0 Å². The first kappa shape index (κ1) is 14.8. The predicted octanol–water partition coefficient (Wildman–Crippen LogP) is 0.778. The summed E-state index contributed by atoms with van der Waals surface area (Å²) in [6, 6.07) is 8.35. The first-order valence-corrected chi connectivity index (χ1v) is 9.66. The molecule has 1 aromatic carbocycles. The maximum atomic E-state index is 10.5. The van der Waals surface area contributed by atoms with Crippen LogP contribution in [0.2, 0.25) is 4.47 Å². The Morgan fingerprint density at radius 1 is 1.24 bits per heavy atom. The molecule has 17 heavy (non-hydrogen) atoms. The summed E-state index contributed by atoms with van der Waals surface area (Å²) < 4.78 is 31.9. The first-order valence-electron chi connectivity index (χ1n) is 5.24. The summed E-state index contributed by atoms with van der Waals surface area (Å²) in [5.74, 6) is -0.118. The van der Waals surface area contributed by atoms with Crippen molar-refractivity contribution in [3.05, 3.63) is 24.3 Å². The molecule has 96 valence electrons. The standard InChI is InChI=1S/C11H17NO3STe/c1-12(2)10-4-6-11(7-5-10)17-9-3-8-16(13,14)15/h4-7H,3,8-9H2,1-2H3,(H,13,14,15). The zero-order valence-electron chi connectivity index (χ0n) is 9.96. The molecule has 0 unspecified atom stereocenters. The van der Waals surface area contributed by atoms with Gasteiger partial charge in [-0.3, -0.25) is 0 Å². The Hall–Kier alpha value is -0.280. The van der Waals surface area contributed by atoms with E-state index < -0.39 is 10.1 Å². The molecule has 0 radical (unpaired) electrons. The van der Waals surface area contributed by atoms with E-state index >= 15 is 0 Å². The van der Waals surface area contributed by atoms with Crippen molar-refractivity contribution in [2.75, 3.05) is 24.7 Å². The fraction of sp³-hybridized carbons (Fsp3) is 0.455. The van der Waals surface area contributed by atoms with Crippen molar-refractivity contribution >= 4 is 40.3 Å². The Balaban J connectivity index is 2.37. The van der Waals surface area contributed by atoms with Crippen LogP contribution in [-0.4, -0.2) is 53.7 Å². The van der Waals surface area contributed by atoms with E-state index in [1.54, 1.807) is 0 Å². The van der Waals surface area contributed by atoms with Gasteiger partial charge in [-0.25, -0.2) is 0 Å². The van der Waals surface area contributed by atoms with Crippen LogP contribution < -0.4 is 8.51 Å². The molecule has 1 rings (SSSR count). The van der Waals surface area contributed by atoms with Gasteiger partial charge in [0.2, 0.25) is 0 Å². The van der Waals surface area contributed by atoms with Crippen molar-refractivity contribution in [1.29, 1.82) is 0 Å². The first-order chi connectivity index (χ1) is 7.88. The van der Waals surface area contributed by atoms with E-state index in [1.807, 2.05) is 19.0 Å². The van der Waals surface area contributed by atoms with Gasteiger partial charge in [0.15, 0.2) is 0 Å². The molecule has 0 amide bonds. The van der Waals surface area contributed by atoms with Crippen molar-refractivity contribution < 1.29 is 13.0 Å². The third kappa shape index (κ3) is 6.27. The van der Waals surface area contributed by atoms with Crippen LogP contribution >= 0.6 is 0 Å². The molecule has 0 atom stereocenters. The van der Waals surface area contributed by atoms with Gasteiger partial charge >= 0.3 is 113 Å². The summed E-state index contributed by atoms with van der Waals surface area (Å²) in [6.45, 7) is 0. The summed E-state index contributed by atoms with van der Waals surface area (Å²) in [7, 11) is 0.213. The third-order valence-electron chi connectivity index (χ3n) is 2.17. The van der Waals surface area contributed by atoms with E-state index in [-0.39, 0.29) is 26.7 Å². The normalized spacial score (nSPS) is 11.5. The molecule has 6 heteroatoms. The SMILES string of the molecule is CN(C)c1ccc([Te]CCCS(=O)(=O)O)cc1. The number of anilines is 1. The molecule has 4 nitrogen and oxygen atoms in total. The molecule has 0 aliphatic rings. The number of nitrogens with zero attached hydrogens (tertiary/aromatic N) is 1. The van der Waals surface area contributed by atoms with Gasteiger partial charge in [0.1, 0.15) is 0 Å². The minimum absolute atomic E-state index is 0.118. The Morgan fingerprint density at radius 3 is 2.29 bits per heavy atom. The van der Waals surface area contributed by atoms with E-state index in [0.29, 0.717) is 6.42 Å². The molecule has 1 aromatic rings. The second-order valence-electron chi connectivity index (χ2n) is 3.88. The molecule has 0 bridgehead atoms. The van der Waals surface area contributed by atoms with Crippen molar-refractivity contribution in [3.63, 3.8) is 0 Å². The Kier molecular flexibility index (Phi) is 5.74. The average molecular weight is 371 g/mol. The van der Waals surface area contributed by atoms with Crippen molar-refractivity contribution in [2.24, 2.45) is 0 Å². The Labute approximate surface area is 113 Å². The average Bonchev–Trinajstić information content (AvgIpc) is 2.24. The number of hydrogen-bond donors (Lipinski definition) is 1. The fourth-order valence-electron chi connectivity index (χ4n) is 1.27. The molecule has 0 aliphatic heterocycles.